The minimum absolute atomic E-state index is 0. The highest BCUT2D eigenvalue weighted by atomic mass is 35.5. The van der Waals surface area contributed by atoms with Crippen LogP contribution in [0.1, 0.15) is 19.8 Å². The zero-order valence-electron chi connectivity index (χ0n) is 6.22. The number of rotatable bonds is 2. The van der Waals surface area contributed by atoms with Gasteiger partial charge in [0.15, 0.2) is 0 Å². The van der Waals surface area contributed by atoms with E-state index in [1.54, 1.807) is 0 Å². The molecule has 0 aromatic rings. The molecule has 0 bridgehead atoms. The van der Waals surface area contributed by atoms with Gasteiger partial charge in [0, 0.05) is 0 Å². The van der Waals surface area contributed by atoms with Crippen LogP contribution >= 0.6 is 12.4 Å². The van der Waals surface area contributed by atoms with Crippen molar-refractivity contribution in [3.63, 3.8) is 0 Å². The zero-order valence-corrected chi connectivity index (χ0v) is 7.03. The smallest absolute Gasteiger partial charge is 0.101 e. The number of hydrogen-bond donors (Lipinski definition) is 1. The van der Waals surface area contributed by atoms with Gasteiger partial charge in [-0.25, -0.2) is 4.39 Å². The van der Waals surface area contributed by atoms with Crippen molar-refractivity contribution < 1.29 is 4.39 Å². The molecule has 10 heavy (non-hydrogen) atoms. The van der Waals surface area contributed by atoms with Crippen LogP contribution in [0.3, 0.4) is 0 Å². The molecule has 0 aromatic carbocycles. The molecule has 1 rings (SSSR count). The Kier molecular flexibility index (Phi) is 4.22. The molecular formula is C7H15ClFN. The van der Waals surface area contributed by atoms with Gasteiger partial charge in [0.2, 0.25) is 0 Å². The Hall–Kier alpha value is 0.180. The molecule has 0 aromatic heterocycles. The predicted molar refractivity (Wildman–Crippen MR) is 43.1 cm³/mol. The van der Waals surface area contributed by atoms with Gasteiger partial charge in [-0.3, -0.25) is 0 Å². The van der Waals surface area contributed by atoms with E-state index < -0.39 is 6.17 Å². The van der Waals surface area contributed by atoms with Gasteiger partial charge in [-0.05, 0) is 31.2 Å². The Bertz CT molecular complexity index is 93.6. The van der Waals surface area contributed by atoms with E-state index in [1.807, 2.05) is 0 Å². The van der Waals surface area contributed by atoms with Gasteiger partial charge < -0.3 is 5.73 Å². The first kappa shape index (κ1) is 10.2. The van der Waals surface area contributed by atoms with E-state index in [0.29, 0.717) is 18.4 Å². The number of halogens is 2. The van der Waals surface area contributed by atoms with Crippen LogP contribution in [0.2, 0.25) is 0 Å². The van der Waals surface area contributed by atoms with Crippen LogP contribution < -0.4 is 5.73 Å². The molecule has 0 amide bonds. The van der Waals surface area contributed by atoms with Crippen molar-refractivity contribution in [1.82, 2.24) is 0 Å². The fraction of sp³-hybridized carbons (Fsp3) is 1.00. The molecule has 1 saturated carbocycles. The van der Waals surface area contributed by atoms with E-state index in [-0.39, 0.29) is 12.4 Å². The molecule has 1 nitrogen and oxygen atoms in total. The molecule has 0 heterocycles. The Morgan fingerprint density at radius 2 is 2.10 bits per heavy atom. The molecule has 62 valence electrons. The van der Waals surface area contributed by atoms with Gasteiger partial charge in [-0.2, -0.15) is 0 Å². The minimum Gasteiger partial charge on any atom is -0.330 e. The van der Waals surface area contributed by atoms with Gasteiger partial charge >= 0.3 is 0 Å². The lowest BCUT2D eigenvalue weighted by atomic mass is 9.75. The van der Waals surface area contributed by atoms with Crippen molar-refractivity contribution in [1.29, 1.82) is 0 Å². The van der Waals surface area contributed by atoms with Crippen LogP contribution in [0.25, 0.3) is 0 Å². The standard InChI is InChI=1S/C7H14FN.ClH/c1-5(4-9)6-2-7(8)3-6;/h5-7H,2-4,9H2,1H3;1H/t5-,6?,7?;/m1./s1. The van der Waals surface area contributed by atoms with Gasteiger partial charge in [0.1, 0.15) is 6.17 Å². The van der Waals surface area contributed by atoms with Gasteiger partial charge in [-0.15, -0.1) is 12.4 Å². The van der Waals surface area contributed by atoms with Crippen molar-refractivity contribution in [2.75, 3.05) is 6.54 Å². The molecule has 0 spiro atoms. The normalized spacial score (nSPS) is 33.9. The second kappa shape index (κ2) is 4.14. The fourth-order valence-electron chi connectivity index (χ4n) is 1.25. The maximum atomic E-state index is 12.2. The zero-order chi connectivity index (χ0) is 6.85. The van der Waals surface area contributed by atoms with Crippen molar-refractivity contribution in [2.24, 2.45) is 17.6 Å². The van der Waals surface area contributed by atoms with E-state index >= 15 is 0 Å². The molecule has 3 heteroatoms. The second-order valence-electron chi connectivity index (χ2n) is 3.04. The van der Waals surface area contributed by atoms with Crippen molar-refractivity contribution >= 4 is 12.4 Å². The lowest BCUT2D eigenvalue weighted by Crippen LogP contribution is -2.33. The quantitative estimate of drug-likeness (QED) is 0.667. The largest absolute Gasteiger partial charge is 0.330 e. The molecule has 2 N–H and O–H groups in total. The average Bonchev–Trinajstić information content (AvgIpc) is 1.79. The van der Waals surface area contributed by atoms with Crippen LogP contribution in [-0.2, 0) is 0 Å². The lowest BCUT2D eigenvalue weighted by Gasteiger charge is -2.33. The molecule has 0 aliphatic heterocycles. The summed E-state index contributed by atoms with van der Waals surface area (Å²) in [6.45, 7) is 2.80. The molecule has 0 radical (unpaired) electrons. The Morgan fingerprint density at radius 3 is 2.40 bits per heavy atom. The van der Waals surface area contributed by atoms with Crippen LogP contribution in [0, 0.1) is 11.8 Å². The summed E-state index contributed by atoms with van der Waals surface area (Å²) in [6, 6.07) is 0. The number of nitrogens with two attached hydrogens (primary N) is 1. The maximum Gasteiger partial charge on any atom is 0.101 e. The van der Waals surface area contributed by atoms with E-state index in [9.17, 15) is 4.39 Å². The van der Waals surface area contributed by atoms with E-state index in [4.69, 9.17) is 5.73 Å². The SMILES string of the molecule is C[C@H](CN)C1CC(F)C1.Cl. The predicted octanol–water partition coefficient (Wildman–Crippen LogP) is 1.75. The van der Waals surface area contributed by atoms with E-state index in [0.717, 1.165) is 12.8 Å². The van der Waals surface area contributed by atoms with Crippen molar-refractivity contribution in [3.05, 3.63) is 0 Å². The molecule has 0 saturated heterocycles. The third-order valence-corrected chi connectivity index (χ3v) is 2.29. The molecule has 1 atom stereocenters. The third-order valence-electron chi connectivity index (χ3n) is 2.29. The summed E-state index contributed by atoms with van der Waals surface area (Å²) in [5.41, 5.74) is 5.41. The molecule has 1 aliphatic rings. The topological polar surface area (TPSA) is 26.0 Å². The first-order valence-corrected chi connectivity index (χ1v) is 3.58. The number of alkyl halides is 1. The summed E-state index contributed by atoms with van der Waals surface area (Å²) in [5.74, 6) is 1.10. The van der Waals surface area contributed by atoms with Gasteiger partial charge in [0.05, 0.1) is 0 Å². The molecule has 1 fully saturated rings. The summed E-state index contributed by atoms with van der Waals surface area (Å²) in [4.78, 5) is 0. The third kappa shape index (κ3) is 2.10. The van der Waals surface area contributed by atoms with E-state index in [2.05, 4.69) is 6.92 Å². The Labute approximate surface area is 67.6 Å². The summed E-state index contributed by atoms with van der Waals surface area (Å²) < 4.78 is 12.2. The fourth-order valence-corrected chi connectivity index (χ4v) is 1.25. The van der Waals surface area contributed by atoms with Crippen LogP contribution in [0.15, 0.2) is 0 Å². The highest BCUT2D eigenvalue weighted by Gasteiger charge is 2.31. The highest BCUT2D eigenvalue weighted by Crippen LogP contribution is 2.35. The Morgan fingerprint density at radius 1 is 1.60 bits per heavy atom. The van der Waals surface area contributed by atoms with Crippen LogP contribution in [-0.4, -0.2) is 12.7 Å². The molecule has 1 aliphatic carbocycles. The van der Waals surface area contributed by atoms with Gasteiger partial charge in [-0.1, -0.05) is 6.92 Å². The Balaban J connectivity index is 0.000000810. The summed E-state index contributed by atoms with van der Waals surface area (Å²) in [7, 11) is 0. The minimum atomic E-state index is -0.524. The summed E-state index contributed by atoms with van der Waals surface area (Å²) in [5, 5.41) is 0. The van der Waals surface area contributed by atoms with Crippen molar-refractivity contribution in [3.8, 4) is 0 Å². The molecular weight excluding hydrogens is 153 g/mol. The maximum absolute atomic E-state index is 12.2. The highest BCUT2D eigenvalue weighted by molar-refractivity contribution is 5.85. The lowest BCUT2D eigenvalue weighted by molar-refractivity contribution is 0.0929. The summed E-state index contributed by atoms with van der Waals surface area (Å²) >= 11 is 0. The average molecular weight is 168 g/mol. The van der Waals surface area contributed by atoms with Gasteiger partial charge in [0.25, 0.3) is 0 Å². The first-order valence-electron chi connectivity index (χ1n) is 3.58. The second-order valence-corrected chi connectivity index (χ2v) is 3.04. The number of hydrogen-bond acceptors (Lipinski definition) is 1. The summed E-state index contributed by atoms with van der Waals surface area (Å²) in [6.07, 6.45) is 0.973. The molecule has 0 unspecified atom stereocenters. The van der Waals surface area contributed by atoms with Crippen LogP contribution in [0.5, 0.6) is 0 Å². The van der Waals surface area contributed by atoms with E-state index in [1.165, 1.54) is 0 Å². The first-order chi connectivity index (χ1) is 4.24. The van der Waals surface area contributed by atoms with Crippen LogP contribution in [0.4, 0.5) is 4.39 Å². The van der Waals surface area contributed by atoms with Crippen molar-refractivity contribution in [2.45, 2.75) is 25.9 Å². The monoisotopic (exact) mass is 167 g/mol.